The lowest BCUT2D eigenvalue weighted by Gasteiger charge is -2.28. The van der Waals surface area contributed by atoms with Crippen LogP contribution < -0.4 is 10.2 Å². The Morgan fingerprint density at radius 1 is 1.04 bits per heavy atom. The fourth-order valence-electron chi connectivity index (χ4n) is 2.82. The quantitative estimate of drug-likeness (QED) is 0.882. The fraction of sp³-hybridized carbons (Fsp3) is 0.278. The standard InChI is InChI=1S/C18H18ClFN2O/c19-15-5-4-6-16(20)17(15)18(23)21-13-7-9-14(10-8-13)22-11-2-1-3-12-22/h4-10H,1-3,11-12H2,(H,21,23). The normalized spacial score (nSPS) is 14.6. The van der Waals surface area contributed by atoms with E-state index in [2.05, 4.69) is 10.2 Å². The van der Waals surface area contributed by atoms with Crippen LogP contribution in [-0.4, -0.2) is 19.0 Å². The molecule has 3 rings (SSSR count). The maximum atomic E-state index is 13.8. The van der Waals surface area contributed by atoms with Gasteiger partial charge in [0.15, 0.2) is 0 Å². The topological polar surface area (TPSA) is 32.3 Å². The van der Waals surface area contributed by atoms with Crippen molar-refractivity contribution in [2.45, 2.75) is 19.3 Å². The molecule has 3 nitrogen and oxygen atoms in total. The van der Waals surface area contributed by atoms with Gasteiger partial charge in [0.25, 0.3) is 5.91 Å². The van der Waals surface area contributed by atoms with Crippen LogP contribution in [0.5, 0.6) is 0 Å². The van der Waals surface area contributed by atoms with Crippen LogP contribution in [0.1, 0.15) is 29.6 Å². The van der Waals surface area contributed by atoms with Crippen molar-refractivity contribution in [1.29, 1.82) is 0 Å². The summed E-state index contributed by atoms with van der Waals surface area (Å²) >= 11 is 5.91. The van der Waals surface area contributed by atoms with Crippen molar-refractivity contribution in [2.75, 3.05) is 23.3 Å². The second-order valence-corrected chi connectivity index (χ2v) is 6.05. The zero-order chi connectivity index (χ0) is 16.2. The maximum absolute atomic E-state index is 13.8. The van der Waals surface area contributed by atoms with Crippen molar-refractivity contribution in [3.05, 3.63) is 58.9 Å². The van der Waals surface area contributed by atoms with Crippen molar-refractivity contribution in [1.82, 2.24) is 0 Å². The maximum Gasteiger partial charge on any atom is 0.260 e. The van der Waals surface area contributed by atoms with Crippen molar-refractivity contribution < 1.29 is 9.18 Å². The van der Waals surface area contributed by atoms with Crippen molar-refractivity contribution in [3.63, 3.8) is 0 Å². The summed E-state index contributed by atoms with van der Waals surface area (Å²) in [6, 6.07) is 11.8. The molecular formula is C18H18ClFN2O. The van der Waals surface area contributed by atoms with Gasteiger partial charge in [-0.05, 0) is 55.7 Å². The number of nitrogens with zero attached hydrogens (tertiary/aromatic N) is 1. The smallest absolute Gasteiger partial charge is 0.260 e. The Hall–Kier alpha value is -2.07. The van der Waals surface area contributed by atoms with Crippen LogP contribution in [0.3, 0.4) is 0 Å². The largest absolute Gasteiger partial charge is 0.372 e. The van der Waals surface area contributed by atoms with Crippen LogP contribution in [0.15, 0.2) is 42.5 Å². The van der Waals surface area contributed by atoms with Crippen LogP contribution >= 0.6 is 11.6 Å². The highest BCUT2D eigenvalue weighted by Crippen LogP contribution is 2.24. The molecular weight excluding hydrogens is 315 g/mol. The van der Waals surface area contributed by atoms with Gasteiger partial charge in [-0.2, -0.15) is 0 Å². The van der Waals surface area contributed by atoms with Crippen molar-refractivity contribution >= 4 is 28.9 Å². The number of carbonyl (C=O) groups excluding carboxylic acids is 1. The number of amides is 1. The minimum absolute atomic E-state index is 0.104. The molecule has 0 aromatic heterocycles. The lowest BCUT2D eigenvalue weighted by Crippen LogP contribution is -2.29. The lowest BCUT2D eigenvalue weighted by atomic mass is 10.1. The molecule has 0 spiro atoms. The van der Waals surface area contributed by atoms with Gasteiger partial charge in [0.2, 0.25) is 0 Å². The molecule has 1 heterocycles. The van der Waals surface area contributed by atoms with E-state index in [0.29, 0.717) is 5.69 Å². The summed E-state index contributed by atoms with van der Waals surface area (Å²) in [6.07, 6.45) is 3.71. The Balaban J connectivity index is 1.72. The van der Waals surface area contributed by atoms with Gasteiger partial charge in [0.05, 0.1) is 10.6 Å². The van der Waals surface area contributed by atoms with E-state index >= 15 is 0 Å². The first-order chi connectivity index (χ1) is 11.1. The molecule has 0 saturated carbocycles. The Kier molecular flexibility index (Phi) is 4.82. The average Bonchev–Trinajstić information content (AvgIpc) is 2.56. The monoisotopic (exact) mass is 332 g/mol. The fourth-order valence-corrected chi connectivity index (χ4v) is 3.06. The van der Waals surface area contributed by atoms with Crippen LogP contribution in [0, 0.1) is 5.82 Å². The van der Waals surface area contributed by atoms with Crippen LogP contribution in [0.25, 0.3) is 0 Å². The van der Waals surface area contributed by atoms with E-state index in [4.69, 9.17) is 11.6 Å². The van der Waals surface area contributed by atoms with Gasteiger partial charge in [0.1, 0.15) is 5.82 Å². The average molecular weight is 333 g/mol. The molecule has 23 heavy (non-hydrogen) atoms. The summed E-state index contributed by atoms with van der Waals surface area (Å²) < 4.78 is 13.8. The number of benzene rings is 2. The van der Waals surface area contributed by atoms with Crippen LogP contribution in [-0.2, 0) is 0 Å². The summed E-state index contributed by atoms with van der Waals surface area (Å²) in [7, 11) is 0. The van der Waals surface area contributed by atoms with Gasteiger partial charge in [-0.1, -0.05) is 17.7 Å². The highest BCUT2D eigenvalue weighted by atomic mass is 35.5. The number of hydrogen-bond acceptors (Lipinski definition) is 2. The third-order valence-electron chi connectivity index (χ3n) is 4.04. The number of halogens is 2. The minimum Gasteiger partial charge on any atom is -0.372 e. The van der Waals surface area contributed by atoms with Crippen molar-refractivity contribution in [3.8, 4) is 0 Å². The number of piperidine rings is 1. The molecule has 5 heteroatoms. The van der Waals surface area contributed by atoms with Gasteiger partial charge in [0, 0.05) is 24.5 Å². The molecule has 1 N–H and O–H groups in total. The summed E-state index contributed by atoms with van der Waals surface area (Å²) in [5.74, 6) is -1.17. The minimum atomic E-state index is -0.625. The van der Waals surface area contributed by atoms with Crippen molar-refractivity contribution in [2.24, 2.45) is 0 Å². The van der Waals surface area contributed by atoms with Gasteiger partial charge in [-0.3, -0.25) is 4.79 Å². The molecule has 1 aliphatic rings. The number of rotatable bonds is 3. The third-order valence-corrected chi connectivity index (χ3v) is 4.35. The van der Waals surface area contributed by atoms with Gasteiger partial charge in [-0.15, -0.1) is 0 Å². The van der Waals surface area contributed by atoms with Gasteiger partial charge >= 0.3 is 0 Å². The highest BCUT2D eigenvalue weighted by Gasteiger charge is 2.16. The predicted octanol–water partition coefficient (Wildman–Crippen LogP) is 4.72. The SMILES string of the molecule is O=C(Nc1ccc(N2CCCCC2)cc1)c1c(F)cccc1Cl. The Bertz CT molecular complexity index is 676. The molecule has 2 aromatic rings. The molecule has 1 aliphatic heterocycles. The summed E-state index contributed by atoms with van der Waals surface area (Å²) in [6.45, 7) is 2.13. The van der Waals surface area contributed by atoms with Gasteiger partial charge < -0.3 is 10.2 Å². The number of hydrogen-bond donors (Lipinski definition) is 1. The van der Waals surface area contributed by atoms with E-state index in [0.717, 1.165) is 18.8 Å². The zero-order valence-electron chi connectivity index (χ0n) is 12.7. The predicted molar refractivity (Wildman–Crippen MR) is 91.9 cm³/mol. The Morgan fingerprint density at radius 2 is 1.74 bits per heavy atom. The first kappa shape index (κ1) is 15.8. The third kappa shape index (κ3) is 3.64. The summed E-state index contributed by atoms with van der Waals surface area (Å²) in [4.78, 5) is 14.5. The summed E-state index contributed by atoms with van der Waals surface area (Å²) in [5.41, 5.74) is 1.64. The van der Waals surface area contributed by atoms with E-state index in [1.807, 2.05) is 24.3 Å². The zero-order valence-corrected chi connectivity index (χ0v) is 13.4. The number of carbonyl (C=O) groups is 1. The number of nitrogens with one attached hydrogen (secondary N) is 1. The molecule has 1 amide bonds. The van der Waals surface area contributed by atoms with Crippen LogP contribution in [0.4, 0.5) is 15.8 Å². The highest BCUT2D eigenvalue weighted by molar-refractivity contribution is 6.34. The van der Waals surface area contributed by atoms with Gasteiger partial charge in [-0.25, -0.2) is 4.39 Å². The molecule has 0 atom stereocenters. The molecule has 0 aliphatic carbocycles. The molecule has 1 saturated heterocycles. The molecule has 2 aromatic carbocycles. The van der Waals surface area contributed by atoms with E-state index < -0.39 is 11.7 Å². The van der Waals surface area contributed by atoms with E-state index in [9.17, 15) is 9.18 Å². The molecule has 1 fully saturated rings. The summed E-state index contributed by atoms with van der Waals surface area (Å²) in [5, 5.41) is 2.79. The first-order valence-corrected chi connectivity index (χ1v) is 8.13. The first-order valence-electron chi connectivity index (χ1n) is 7.75. The number of anilines is 2. The second-order valence-electron chi connectivity index (χ2n) is 5.65. The molecule has 0 radical (unpaired) electrons. The van der Waals surface area contributed by atoms with E-state index in [1.165, 1.54) is 37.5 Å². The molecule has 0 unspecified atom stereocenters. The lowest BCUT2D eigenvalue weighted by molar-refractivity contribution is 0.102. The Labute approximate surface area is 140 Å². The van der Waals surface area contributed by atoms with E-state index in [-0.39, 0.29) is 10.6 Å². The van der Waals surface area contributed by atoms with Crippen LogP contribution in [0.2, 0.25) is 5.02 Å². The molecule has 120 valence electrons. The Morgan fingerprint density at radius 3 is 2.39 bits per heavy atom. The molecule has 0 bridgehead atoms. The van der Waals surface area contributed by atoms with E-state index in [1.54, 1.807) is 0 Å². The second kappa shape index (κ2) is 7.01.